The highest BCUT2D eigenvalue weighted by atomic mass is 35.5. The van der Waals surface area contributed by atoms with Gasteiger partial charge in [-0.05, 0) is 29.8 Å². The number of hydrogen-bond acceptors (Lipinski definition) is 2. The molecule has 0 aliphatic heterocycles. The van der Waals surface area contributed by atoms with Gasteiger partial charge in [0.05, 0.1) is 6.10 Å². The maximum Gasteiger partial charge on any atom is 0.129 e. The van der Waals surface area contributed by atoms with E-state index >= 15 is 0 Å². The van der Waals surface area contributed by atoms with Gasteiger partial charge < -0.3 is 5.11 Å². The largest absolute Gasteiger partial charge is 0.392 e. The second kappa shape index (κ2) is 7.07. The van der Waals surface area contributed by atoms with Crippen LogP contribution in [0.25, 0.3) is 0 Å². The Morgan fingerprint density at radius 2 is 1.95 bits per heavy atom. The molecule has 106 valence electrons. The van der Waals surface area contributed by atoms with Crippen LogP contribution in [0.2, 0.25) is 5.02 Å². The second-order valence-corrected chi connectivity index (χ2v) is 5.89. The molecule has 0 amide bonds. The molecule has 0 bridgehead atoms. The van der Waals surface area contributed by atoms with Crippen molar-refractivity contribution in [1.82, 2.24) is 0 Å². The summed E-state index contributed by atoms with van der Waals surface area (Å²) >= 11 is 7.30. The molecule has 1 atom stereocenters. The van der Waals surface area contributed by atoms with E-state index in [1.54, 1.807) is 12.1 Å². The third-order valence-electron chi connectivity index (χ3n) is 2.71. The topological polar surface area (TPSA) is 20.2 Å². The average Bonchev–Trinajstić information content (AvgIpc) is 2.40. The number of hydrogen-bond donors (Lipinski definition) is 1. The molecule has 0 spiro atoms. The first-order chi connectivity index (χ1) is 9.54. The van der Waals surface area contributed by atoms with Gasteiger partial charge in [0.1, 0.15) is 11.6 Å². The van der Waals surface area contributed by atoms with Gasteiger partial charge in [-0.1, -0.05) is 23.7 Å². The Balaban J connectivity index is 1.90. The molecule has 0 heterocycles. The van der Waals surface area contributed by atoms with E-state index in [1.165, 1.54) is 23.9 Å². The summed E-state index contributed by atoms with van der Waals surface area (Å²) in [7, 11) is 0. The van der Waals surface area contributed by atoms with Crippen LogP contribution in [0.3, 0.4) is 0 Å². The van der Waals surface area contributed by atoms with Crippen LogP contribution in [0.5, 0.6) is 0 Å². The van der Waals surface area contributed by atoms with E-state index in [-0.39, 0.29) is 6.42 Å². The molecule has 0 radical (unpaired) electrons. The van der Waals surface area contributed by atoms with E-state index in [1.807, 2.05) is 12.1 Å². The van der Waals surface area contributed by atoms with Gasteiger partial charge in [-0.25, -0.2) is 8.78 Å². The summed E-state index contributed by atoms with van der Waals surface area (Å²) < 4.78 is 26.2. The van der Waals surface area contributed by atoms with Gasteiger partial charge >= 0.3 is 0 Å². The number of aliphatic hydroxyl groups is 1. The fraction of sp³-hybridized carbons (Fsp3) is 0.200. The maximum atomic E-state index is 13.5. The Morgan fingerprint density at radius 1 is 1.15 bits per heavy atom. The molecule has 1 nitrogen and oxygen atoms in total. The molecular formula is C15H13ClF2OS. The first-order valence-corrected chi connectivity index (χ1v) is 7.41. The molecular weight excluding hydrogens is 302 g/mol. The summed E-state index contributed by atoms with van der Waals surface area (Å²) in [5, 5.41) is 10.5. The average molecular weight is 315 g/mol. The molecule has 0 saturated heterocycles. The zero-order valence-corrected chi connectivity index (χ0v) is 12.1. The fourth-order valence-corrected chi connectivity index (χ4v) is 2.89. The van der Waals surface area contributed by atoms with E-state index in [0.717, 1.165) is 11.0 Å². The van der Waals surface area contributed by atoms with Gasteiger partial charge in [-0.2, -0.15) is 0 Å². The maximum absolute atomic E-state index is 13.5. The number of thioether (sulfide) groups is 1. The third-order valence-corrected chi connectivity index (χ3v) is 4.08. The van der Waals surface area contributed by atoms with Crippen LogP contribution < -0.4 is 0 Å². The normalized spacial score (nSPS) is 12.4. The second-order valence-electron chi connectivity index (χ2n) is 4.36. The summed E-state index contributed by atoms with van der Waals surface area (Å²) in [6.07, 6.45) is -0.557. The lowest BCUT2D eigenvalue weighted by molar-refractivity contribution is 0.198. The van der Waals surface area contributed by atoms with Gasteiger partial charge in [0.2, 0.25) is 0 Å². The van der Waals surface area contributed by atoms with Crippen LogP contribution in [0.15, 0.2) is 47.4 Å². The molecule has 5 heteroatoms. The molecule has 1 unspecified atom stereocenters. The molecule has 2 rings (SSSR count). The minimum absolute atomic E-state index is 0.152. The highest BCUT2D eigenvalue weighted by Crippen LogP contribution is 2.23. The van der Waals surface area contributed by atoms with Crippen molar-refractivity contribution in [3.05, 3.63) is 64.7 Å². The molecule has 0 fully saturated rings. The van der Waals surface area contributed by atoms with Crippen LogP contribution in [0, 0.1) is 11.6 Å². The van der Waals surface area contributed by atoms with Gasteiger partial charge in [0, 0.05) is 28.2 Å². The molecule has 0 aliphatic rings. The van der Waals surface area contributed by atoms with Crippen LogP contribution in [-0.2, 0) is 6.42 Å². The molecule has 0 aromatic heterocycles. The Bertz CT molecular complexity index is 592. The molecule has 1 N–H and O–H groups in total. The third kappa shape index (κ3) is 4.47. The van der Waals surface area contributed by atoms with E-state index in [0.29, 0.717) is 16.3 Å². The number of benzene rings is 2. The van der Waals surface area contributed by atoms with Gasteiger partial charge in [0.15, 0.2) is 0 Å². The van der Waals surface area contributed by atoms with E-state index in [4.69, 9.17) is 11.6 Å². The zero-order chi connectivity index (χ0) is 14.5. The fourth-order valence-electron chi connectivity index (χ4n) is 1.75. The summed E-state index contributed by atoms with van der Waals surface area (Å²) in [6, 6.07) is 10.7. The van der Waals surface area contributed by atoms with Crippen molar-refractivity contribution in [2.45, 2.75) is 17.4 Å². The predicted molar refractivity (Wildman–Crippen MR) is 78.2 cm³/mol. The van der Waals surface area contributed by atoms with E-state index in [2.05, 4.69) is 0 Å². The summed E-state index contributed by atoms with van der Waals surface area (Å²) in [5.41, 5.74) is 0.311. The molecule has 2 aromatic carbocycles. The van der Waals surface area contributed by atoms with Gasteiger partial charge in [-0.15, -0.1) is 11.8 Å². The zero-order valence-electron chi connectivity index (χ0n) is 10.5. The monoisotopic (exact) mass is 314 g/mol. The number of aliphatic hydroxyl groups excluding tert-OH is 1. The summed E-state index contributed by atoms with van der Waals surface area (Å²) in [6.45, 7) is 0. The molecule has 0 aliphatic carbocycles. The summed E-state index contributed by atoms with van der Waals surface area (Å²) in [4.78, 5) is 0.941. The Hall–Kier alpha value is -1.10. The van der Waals surface area contributed by atoms with Crippen molar-refractivity contribution in [2.24, 2.45) is 0 Å². The standard InChI is InChI=1S/C15H13ClF2OS/c16-11-2-1-3-14(7-11)20-9-13(19)6-10-4-5-12(17)8-15(10)18/h1-5,7-8,13,19H,6,9H2. The lowest BCUT2D eigenvalue weighted by atomic mass is 10.1. The predicted octanol–water partition coefficient (Wildman–Crippen LogP) is 4.31. The number of halogens is 3. The van der Waals surface area contributed by atoms with Crippen molar-refractivity contribution in [2.75, 3.05) is 5.75 Å². The lowest BCUT2D eigenvalue weighted by Crippen LogP contribution is -2.14. The Labute approximate surface area is 125 Å². The van der Waals surface area contributed by atoms with Crippen LogP contribution in [0.1, 0.15) is 5.56 Å². The smallest absolute Gasteiger partial charge is 0.129 e. The molecule has 0 saturated carbocycles. The first kappa shape index (κ1) is 15.3. The van der Waals surface area contributed by atoms with Crippen molar-refractivity contribution < 1.29 is 13.9 Å². The SMILES string of the molecule is OC(CSc1cccc(Cl)c1)Cc1ccc(F)cc1F. The lowest BCUT2D eigenvalue weighted by Gasteiger charge is -2.11. The quantitative estimate of drug-likeness (QED) is 0.830. The van der Waals surface area contributed by atoms with Crippen molar-refractivity contribution >= 4 is 23.4 Å². The van der Waals surface area contributed by atoms with E-state index < -0.39 is 17.7 Å². The molecule has 20 heavy (non-hydrogen) atoms. The van der Waals surface area contributed by atoms with Crippen molar-refractivity contribution in [3.63, 3.8) is 0 Å². The highest BCUT2D eigenvalue weighted by molar-refractivity contribution is 7.99. The minimum atomic E-state index is -0.709. The number of rotatable bonds is 5. The van der Waals surface area contributed by atoms with Crippen LogP contribution >= 0.6 is 23.4 Å². The van der Waals surface area contributed by atoms with Crippen LogP contribution in [-0.4, -0.2) is 17.0 Å². The molecule has 2 aromatic rings. The minimum Gasteiger partial charge on any atom is -0.392 e. The van der Waals surface area contributed by atoms with Gasteiger partial charge in [0.25, 0.3) is 0 Å². The van der Waals surface area contributed by atoms with Crippen LogP contribution in [0.4, 0.5) is 8.78 Å². The van der Waals surface area contributed by atoms with Crippen molar-refractivity contribution in [3.8, 4) is 0 Å². The van der Waals surface area contributed by atoms with E-state index in [9.17, 15) is 13.9 Å². The Morgan fingerprint density at radius 3 is 2.65 bits per heavy atom. The summed E-state index contributed by atoms with van der Waals surface area (Å²) in [5.74, 6) is -0.831. The first-order valence-electron chi connectivity index (χ1n) is 6.05. The van der Waals surface area contributed by atoms with Gasteiger partial charge in [-0.3, -0.25) is 0 Å². The highest BCUT2D eigenvalue weighted by Gasteiger charge is 2.11. The Kier molecular flexibility index (Phi) is 5.40. The van der Waals surface area contributed by atoms with Crippen molar-refractivity contribution in [1.29, 1.82) is 0 Å².